The van der Waals surface area contributed by atoms with E-state index in [-0.39, 0.29) is 0 Å². The molecule has 0 amide bonds. The molecule has 0 spiro atoms. The molecular formula is C9H20N2. The molecule has 0 aliphatic carbocycles. The summed E-state index contributed by atoms with van der Waals surface area (Å²) in [4.78, 5) is 2.51. The zero-order chi connectivity index (χ0) is 8.32. The Labute approximate surface area is 70.0 Å². The molecule has 0 unspecified atom stereocenters. The van der Waals surface area contributed by atoms with Gasteiger partial charge in [-0.2, -0.15) is 0 Å². The van der Waals surface area contributed by atoms with Gasteiger partial charge >= 0.3 is 0 Å². The van der Waals surface area contributed by atoms with Crippen LogP contribution >= 0.6 is 0 Å². The fourth-order valence-corrected chi connectivity index (χ4v) is 1.68. The first-order valence-electron chi connectivity index (χ1n) is 4.57. The summed E-state index contributed by atoms with van der Waals surface area (Å²) in [6.07, 6.45) is 1.32. The first kappa shape index (κ1) is 9.01. The largest absolute Gasteiger partial charge is 0.318 e. The van der Waals surface area contributed by atoms with E-state index < -0.39 is 0 Å². The third kappa shape index (κ3) is 2.17. The van der Waals surface area contributed by atoms with Crippen molar-refractivity contribution in [2.45, 2.75) is 20.3 Å². The summed E-state index contributed by atoms with van der Waals surface area (Å²) in [6.45, 7) is 9.60. The molecule has 0 bridgehead atoms. The molecular weight excluding hydrogens is 136 g/mol. The standard InChI is InChI=1S/C9H20N2/c1-4-9(2)7-11(8-9)6-5-10-3/h10H,4-8H2,1-3H3. The zero-order valence-electron chi connectivity index (χ0n) is 7.98. The number of hydrogen-bond donors (Lipinski definition) is 1. The lowest BCUT2D eigenvalue weighted by atomic mass is 9.80. The van der Waals surface area contributed by atoms with Gasteiger partial charge in [0.25, 0.3) is 0 Å². The lowest BCUT2D eigenvalue weighted by molar-refractivity contribution is 0.0143. The van der Waals surface area contributed by atoms with Crippen molar-refractivity contribution >= 4 is 0 Å². The van der Waals surface area contributed by atoms with E-state index in [2.05, 4.69) is 24.1 Å². The Morgan fingerprint density at radius 2 is 2.09 bits per heavy atom. The van der Waals surface area contributed by atoms with Gasteiger partial charge in [-0.3, -0.25) is 0 Å². The number of nitrogens with zero attached hydrogens (tertiary/aromatic N) is 1. The molecule has 0 aromatic carbocycles. The Bertz CT molecular complexity index is 117. The van der Waals surface area contributed by atoms with Crippen molar-refractivity contribution < 1.29 is 0 Å². The van der Waals surface area contributed by atoms with Gasteiger partial charge in [0.1, 0.15) is 0 Å². The summed E-state index contributed by atoms with van der Waals surface area (Å²) in [5, 5.41) is 3.17. The Morgan fingerprint density at radius 3 is 2.55 bits per heavy atom. The summed E-state index contributed by atoms with van der Waals surface area (Å²) in [6, 6.07) is 0. The van der Waals surface area contributed by atoms with E-state index in [1.165, 1.54) is 26.1 Å². The molecule has 2 heteroatoms. The monoisotopic (exact) mass is 156 g/mol. The van der Waals surface area contributed by atoms with Crippen molar-refractivity contribution in [3.05, 3.63) is 0 Å². The summed E-state index contributed by atoms with van der Waals surface area (Å²) >= 11 is 0. The highest BCUT2D eigenvalue weighted by Crippen LogP contribution is 2.32. The average Bonchev–Trinajstić information content (AvgIpc) is 1.96. The second-order valence-electron chi connectivity index (χ2n) is 3.98. The first-order chi connectivity index (χ1) is 5.20. The van der Waals surface area contributed by atoms with Crippen molar-refractivity contribution in [1.82, 2.24) is 10.2 Å². The van der Waals surface area contributed by atoms with E-state index in [9.17, 15) is 0 Å². The van der Waals surface area contributed by atoms with Gasteiger partial charge in [-0.1, -0.05) is 13.8 Å². The molecule has 66 valence electrons. The van der Waals surface area contributed by atoms with Crippen LogP contribution in [0.2, 0.25) is 0 Å². The third-order valence-electron chi connectivity index (χ3n) is 2.74. The second-order valence-corrected chi connectivity index (χ2v) is 3.98. The molecule has 0 atom stereocenters. The summed E-state index contributed by atoms with van der Waals surface area (Å²) in [7, 11) is 2.01. The van der Waals surface area contributed by atoms with Crippen molar-refractivity contribution in [1.29, 1.82) is 0 Å². The molecule has 1 N–H and O–H groups in total. The molecule has 0 saturated carbocycles. The molecule has 11 heavy (non-hydrogen) atoms. The van der Waals surface area contributed by atoms with Gasteiger partial charge in [-0.15, -0.1) is 0 Å². The Hall–Kier alpha value is -0.0800. The van der Waals surface area contributed by atoms with Gasteiger partial charge in [0, 0.05) is 26.2 Å². The highest BCUT2D eigenvalue weighted by atomic mass is 15.2. The van der Waals surface area contributed by atoms with Crippen LogP contribution < -0.4 is 5.32 Å². The van der Waals surface area contributed by atoms with Crippen LogP contribution in [0, 0.1) is 5.41 Å². The molecule has 1 aliphatic heterocycles. The SMILES string of the molecule is CCC1(C)CN(CCNC)C1. The number of likely N-dealkylation sites (tertiary alicyclic amines) is 1. The second kappa shape index (κ2) is 3.55. The lowest BCUT2D eigenvalue weighted by Gasteiger charge is -2.48. The van der Waals surface area contributed by atoms with Crippen LogP contribution in [0.3, 0.4) is 0 Å². The van der Waals surface area contributed by atoms with Gasteiger partial charge < -0.3 is 10.2 Å². The van der Waals surface area contributed by atoms with Crippen molar-refractivity contribution in [2.24, 2.45) is 5.41 Å². The summed E-state index contributed by atoms with van der Waals surface area (Å²) < 4.78 is 0. The highest BCUT2D eigenvalue weighted by molar-refractivity contribution is 4.90. The zero-order valence-corrected chi connectivity index (χ0v) is 7.98. The summed E-state index contributed by atoms with van der Waals surface area (Å²) in [5.41, 5.74) is 0.633. The van der Waals surface area contributed by atoms with Gasteiger partial charge in [0.05, 0.1) is 0 Å². The molecule has 2 nitrogen and oxygen atoms in total. The van der Waals surface area contributed by atoms with E-state index >= 15 is 0 Å². The van der Waals surface area contributed by atoms with Crippen LogP contribution in [-0.2, 0) is 0 Å². The van der Waals surface area contributed by atoms with Crippen LogP contribution in [0.5, 0.6) is 0 Å². The normalized spacial score (nSPS) is 23.2. The number of hydrogen-bond acceptors (Lipinski definition) is 2. The quantitative estimate of drug-likeness (QED) is 0.651. The molecule has 1 heterocycles. The van der Waals surface area contributed by atoms with Crippen LogP contribution in [0.4, 0.5) is 0 Å². The molecule has 1 saturated heterocycles. The maximum Gasteiger partial charge on any atom is 0.0107 e. The van der Waals surface area contributed by atoms with E-state index in [0.29, 0.717) is 5.41 Å². The molecule has 0 aromatic heterocycles. The minimum Gasteiger partial charge on any atom is -0.318 e. The van der Waals surface area contributed by atoms with Crippen LogP contribution in [-0.4, -0.2) is 38.1 Å². The Morgan fingerprint density at radius 1 is 1.45 bits per heavy atom. The van der Waals surface area contributed by atoms with Crippen molar-refractivity contribution in [2.75, 3.05) is 33.2 Å². The Kier molecular flexibility index (Phi) is 2.90. The van der Waals surface area contributed by atoms with Gasteiger partial charge in [-0.05, 0) is 18.9 Å². The molecule has 1 fully saturated rings. The maximum absolute atomic E-state index is 3.17. The van der Waals surface area contributed by atoms with Gasteiger partial charge in [0.15, 0.2) is 0 Å². The van der Waals surface area contributed by atoms with Crippen LogP contribution in [0.1, 0.15) is 20.3 Å². The minimum absolute atomic E-state index is 0.633. The molecule has 0 radical (unpaired) electrons. The fourth-order valence-electron chi connectivity index (χ4n) is 1.68. The van der Waals surface area contributed by atoms with E-state index in [1.54, 1.807) is 0 Å². The minimum atomic E-state index is 0.633. The smallest absolute Gasteiger partial charge is 0.0107 e. The van der Waals surface area contributed by atoms with Crippen LogP contribution in [0.15, 0.2) is 0 Å². The third-order valence-corrected chi connectivity index (χ3v) is 2.74. The molecule has 0 aromatic rings. The van der Waals surface area contributed by atoms with Gasteiger partial charge in [0.2, 0.25) is 0 Å². The summed E-state index contributed by atoms with van der Waals surface area (Å²) in [5.74, 6) is 0. The molecule has 1 rings (SSSR count). The number of likely N-dealkylation sites (N-methyl/N-ethyl adjacent to an activating group) is 1. The average molecular weight is 156 g/mol. The van der Waals surface area contributed by atoms with Crippen molar-refractivity contribution in [3.63, 3.8) is 0 Å². The molecule has 1 aliphatic rings. The predicted molar refractivity (Wildman–Crippen MR) is 48.8 cm³/mol. The topological polar surface area (TPSA) is 15.3 Å². The van der Waals surface area contributed by atoms with Crippen LogP contribution in [0.25, 0.3) is 0 Å². The highest BCUT2D eigenvalue weighted by Gasteiger charge is 2.35. The Balaban J connectivity index is 2.08. The van der Waals surface area contributed by atoms with E-state index in [1.807, 2.05) is 7.05 Å². The first-order valence-corrected chi connectivity index (χ1v) is 4.57. The predicted octanol–water partition coefficient (Wildman–Crippen LogP) is 0.938. The van der Waals surface area contributed by atoms with Gasteiger partial charge in [-0.25, -0.2) is 0 Å². The lowest BCUT2D eigenvalue weighted by Crippen LogP contribution is -2.55. The fraction of sp³-hybridized carbons (Fsp3) is 1.00. The number of rotatable bonds is 4. The van der Waals surface area contributed by atoms with E-state index in [4.69, 9.17) is 0 Å². The maximum atomic E-state index is 3.17. The number of nitrogens with one attached hydrogen (secondary N) is 1. The van der Waals surface area contributed by atoms with E-state index in [0.717, 1.165) is 6.54 Å². The van der Waals surface area contributed by atoms with Crippen molar-refractivity contribution in [3.8, 4) is 0 Å².